The Bertz CT molecular complexity index is 1450. The highest BCUT2D eigenvalue weighted by Gasteiger charge is 2.20. The molecule has 0 amide bonds. The van der Waals surface area contributed by atoms with E-state index in [-0.39, 0.29) is 18.5 Å². The van der Waals surface area contributed by atoms with Gasteiger partial charge in [0.15, 0.2) is 0 Å². The Hall–Kier alpha value is -3.66. The predicted molar refractivity (Wildman–Crippen MR) is 164 cm³/mol. The van der Waals surface area contributed by atoms with Crippen molar-refractivity contribution in [1.82, 2.24) is 19.4 Å². The number of aliphatic hydroxyl groups excluding tert-OH is 1. The number of nitrogens with zero attached hydrogens (tertiary/aromatic N) is 4. The van der Waals surface area contributed by atoms with Crippen LogP contribution in [0.5, 0.6) is 5.75 Å². The average Bonchev–Trinajstić information content (AvgIpc) is 3.28. The summed E-state index contributed by atoms with van der Waals surface area (Å²) in [6, 6.07) is 16.4. The minimum atomic E-state index is 0.110. The van der Waals surface area contributed by atoms with Gasteiger partial charge in [-0.25, -0.2) is 4.98 Å². The molecule has 9 heteroatoms. The Balaban J connectivity index is 1.33. The van der Waals surface area contributed by atoms with Crippen LogP contribution in [-0.4, -0.2) is 75.1 Å². The number of anilines is 2. The number of ether oxygens (including phenoxy) is 1. The number of nitrogens with one attached hydrogen (secondary N) is 2. The molecule has 4 aromatic rings. The first-order valence-corrected chi connectivity index (χ1v) is 14.5. The molecule has 1 atom stereocenters. The highest BCUT2D eigenvalue weighted by Crippen LogP contribution is 2.26. The fourth-order valence-corrected chi connectivity index (χ4v) is 5.53. The molecule has 1 unspecified atom stereocenters. The molecule has 0 aliphatic carbocycles. The van der Waals surface area contributed by atoms with Gasteiger partial charge in [-0.05, 0) is 86.7 Å². The molecular weight excluding hydrogens is 516 g/mol. The van der Waals surface area contributed by atoms with Crippen LogP contribution in [-0.2, 0) is 17.8 Å². The topological polar surface area (TPSA) is 108 Å². The zero-order valence-electron chi connectivity index (χ0n) is 24.4. The summed E-state index contributed by atoms with van der Waals surface area (Å²) in [5.74, 6) is 0.947. The van der Waals surface area contributed by atoms with Crippen molar-refractivity contribution in [2.45, 2.75) is 52.8 Å². The molecule has 4 N–H and O–H groups in total. The number of pyridine rings is 1. The van der Waals surface area contributed by atoms with Gasteiger partial charge in [-0.3, -0.25) is 9.88 Å². The molecule has 0 bridgehead atoms. The van der Waals surface area contributed by atoms with E-state index in [1.807, 2.05) is 13.0 Å². The van der Waals surface area contributed by atoms with Gasteiger partial charge in [0.25, 0.3) is 0 Å². The largest absolute Gasteiger partial charge is 0.506 e. The van der Waals surface area contributed by atoms with E-state index in [2.05, 4.69) is 75.3 Å². The molecule has 1 aliphatic rings. The first-order chi connectivity index (χ1) is 19.9. The third-order valence-corrected chi connectivity index (χ3v) is 7.54. The first-order valence-electron chi connectivity index (χ1n) is 14.5. The maximum absolute atomic E-state index is 10.6. The van der Waals surface area contributed by atoms with E-state index in [1.54, 1.807) is 6.07 Å². The smallest absolute Gasteiger partial charge is 0.204 e. The molecule has 2 aromatic carbocycles. The van der Waals surface area contributed by atoms with Crippen molar-refractivity contribution < 1.29 is 14.9 Å². The first kappa shape index (κ1) is 28.9. The third kappa shape index (κ3) is 7.55. The van der Waals surface area contributed by atoms with Crippen molar-refractivity contribution in [1.29, 1.82) is 0 Å². The lowest BCUT2D eigenvalue weighted by molar-refractivity contribution is -0.0379. The zero-order valence-corrected chi connectivity index (χ0v) is 24.4. The number of aryl methyl sites for hydroxylation is 3. The van der Waals surface area contributed by atoms with Crippen molar-refractivity contribution in [2.24, 2.45) is 0 Å². The number of fused-ring (bicyclic) bond motifs is 1. The Morgan fingerprint density at radius 3 is 2.63 bits per heavy atom. The Labute approximate surface area is 242 Å². The van der Waals surface area contributed by atoms with Gasteiger partial charge in [0, 0.05) is 50.7 Å². The summed E-state index contributed by atoms with van der Waals surface area (Å²) >= 11 is 0. The Morgan fingerprint density at radius 2 is 1.83 bits per heavy atom. The van der Waals surface area contributed by atoms with Crippen LogP contribution in [0, 0.1) is 20.8 Å². The number of aromatic nitrogens is 3. The summed E-state index contributed by atoms with van der Waals surface area (Å²) in [6.07, 6.45) is 1.74. The van der Waals surface area contributed by atoms with Crippen molar-refractivity contribution >= 4 is 22.7 Å². The molecule has 41 heavy (non-hydrogen) atoms. The molecule has 1 fully saturated rings. The van der Waals surface area contributed by atoms with Crippen molar-refractivity contribution in [3.05, 3.63) is 76.6 Å². The summed E-state index contributed by atoms with van der Waals surface area (Å²) in [4.78, 5) is 11.9. The molecule has 3 heterocycles. The SMILES string of the molecule is Cc1cc(C)cc(NCc2ccc3nc(NCCCN4CCOC(CCO)C4)n(Cc4nc(C)ccc4O)c3c2)c1. The van der Waals surface area contributed by atoms with Crippen LogP contribution < -0.4 is 10.6 Å². The summed E-state index contributed by atoms with van der Waals surface area (Å²) in [5.41, 5.74) is 8.10. The summed E-state index contributed by atoms with van der Waals surface area (Å²) in [7, 11) is 0. The van der Waals surface area contributed by atoms with Crippen LogP contribution in [0.1, 0.15) is 40.9 Å². The normalized spacial score (nSPS) is 15.9. The van der Waals surface area contributed by atoms with Gasteiger partial charge in [-0.1, -0.05) is 12.1 Å². The van der Waals surface area contributed by atoms with E-state index >= 15 is 0 Å². The van der Waals surface area contributed by atoms with E-state index in [0.717, 1.165) is 66.5 Å². The molecule has 0 radical (unpaired) electrons. The standard InChI is InChI=1S/C32H42N6O3/c1-22-15-23(2)17-26(16-22)34-19-25-6-7-28-30(18-25)38(21-29-31(40)8-5-24(3)35-29)32(36-28)33-10-4-11-37-12-14-41-27(20-37)9-13-39/h5-8,15-18,27,34,39-40H,4,9-14,19-21H2,1-3H3,(H,33,36). The Kier molecular flexibility index (Phi) is 9.38. The van der Waals surface area contributed by atoms with Crippen LogP contribution in [0.25, 0.3) is 11.0 Å². The Morgan fingerprint density at radius 1 is 1.00 bits per heavy atom. The lowest BCUT2D eigenvalue weighted by Crippen LogP contribution is -2.43. The highest BCUT2D eigenvalue weighted by atomic mass is 16.5. The number of benzene rings is 2. The van der Waals surface area contributed by atoms with Crippen LogP contribution in [0.4, 0.5) is 11.6 Å². The van der Waals surface area contributed by atoms with Gasteiger partial charge in [-0.15, -0.1) is 0 Å². The highest BCUT2D eigenvalue weighted by molar-refractivity contribution is 5.80. The van der Waals surface area contributed by atoms with Crippen molar-refractivity contribution in [2.75, 3.05) is 50.0 Å². The monoisotopic (exact) mass is 558 g/mol. The van der Waals surface area contributed by atoms with Crippen LogP contribution in [0.2, 0.25) is 0 Å². The molecular formula is C32H42N6O3. The second-order valence-corrected chi connectivity index (χ2v) is 11.1. The van der Waals surface area contributed by atoms with E-state index in [4.69, 9.17) is 9.72 Å². The van der Waals surface area contributed by atoms with Crippen molar-refractivity contribution in [3.63, 3.8) is 0 Å². The van der Waals surface area contributed by atoms with Crippen LogP contribution >= 0.6 is 0 Å². The second kappa shape index (κ2) is 13.3. The van der Waals surface area contributed by atoms with E-state index in [9.17, 15) is 10.2 Å². The van der Waals surface area contributed by atoms with E-state index < -0.39 is 0 Å². The minimum absolute atomic E-state index is 0.110. The average molecular weight is 559 g/mol. The molecule has 1 saturated heterocycles. The molecule has 0 saturated carbocycles. The quantitative estimate of drug-likeness (QED) is 0.187. The van der Waals surface area contributed by atoms with Crippen LogP contribution in [0.3, 0.4) is 0 Å². The molecule has 9 nitrogen and oxygen atoms in total. The van der Waals surface area contributed by atoms with Gasteiger partial charge in [0.1, 0.15) is 11.4 Å². The lowest BCUT2D eigenvalue weighted by Gasteiger charge is -2.32. The molecule has 1 aliphatic heterocycles. The molecule has 218 valence electrons. The summed E-state index contributed by atoms with van der Waals surface area (Å²) < 4.78 is 7.86. The third-order valence-electron chi connectivity index (χ3n) is 7.54. The van der Waals surface area contributed by atoms with Crippen molar-refractivity contribution in [3.8, 4) is 5.75 Å². The maximum Gasteiger partial charge on any atom is 0.204 e. The van der Waals surface area contributed by atoms with E-state index in [1.165, 1.54) is 11.1 Å². The van der Waals surface area contributed by atoms with Gasteiger partial charge in [-0.2, -0.15) is 0 Å². The predicted octanol–water partition coefficient (Wildman–Crippen LogP) is 4.61. The number of rotatable bonds is 12. The molecule has 5 rings (SSSR count). The van der Waals surface area contributed by atoms with E-state index in [0.29, 0.717) is 31.8 Å². The number of aromatic hydroxyl groups is 1. The number of morpholine rings is 1. The summed E-state index contributed by atoms with van der Waals surface area (Å²) in [5, 5.41) is 26.9. The number of imidazole rings is 1. The number of hydrogen-bond donors (Lipinski definition) is 4. The van der Waals surface area contributed by atoms with Gasteiger partial charge < -0.3 is 30.2 Å². The fraction of sp³-hybridized carbons (Fsp3) is 0.438. The number of hydrogen-bond acceptors (Lipinski definition) is 8. The van der Waals surface area contributed by atoms with Crippen LogP contribution in [0.15, 0.2) is 48.5 Å². The summed E-state index contributed by atoms with van der Waals surface area (Å²) in [6.45, 7) is 11.6. The van der Waals surface area contributed by atoms with Gasteiger partial charge in [0.05, 0.1) is 30.3 Å². The zero-order chi connectivity index (χ0) is 28.8. The molecule has 0 spiro atoms. The van der Waals surface area contributed by atoms with Gasteiger partial charge in [0.2, 0.25) is 5.95 Å². The maximum atomic E-state index is 10.6. The van der Waals surface area contributed by atoms with Gasteiger partial charge >= 0.3 is 0 Å². The lowest BCUT2D eigenvalue weighted by atomic mass is 10.1. The fourth-order valence-electron chi connectivity index (χ4n) is 5.53. The molecule has 2 aromatic heterocycles. The second-order valence-electron chi connectivity index (χ2n) is 11.1. The number of aliphatic hydroxyl groups is 1. The minimum Gasteiger partial charge on any atom is -0.506 e.